The number of amides is 1. The summed E-state index contributed by atoms with van der Waals surface area (Å²) < 4.78 is 12.9. The van der Waals surface area contributed by atoms with E-state index in [1.807, 2.05) is 18.3 Å². The summed E-state index contributed by atoms with van der Waals surface area (Å²) in [6.45, 7) is 0. The second kappa shape index (κ2) is 8.31. The standard InChI is InChI=1S/C23H19FN2OS/c24-20-10-6-16(7-11-20)8-12-22(27)26-23-25-15-21(28-23)14-17-5-9-18-3-1-2-4-19(18)13-17/h1-7,9-11,13,15H,8,12,14H2,(H,25,26,27). The van der Waals surface area contributed by atoms with Gasteiger partial charge in [0.1, 0.15) is 5.82 Å². The molecule has 0 aliphatic rings. The van der Waals surface area contributed by atoms with Crippen LogP contribution in [-0.4, -0.2) is 10.9 Å². The van der Waals surface area contributed by atoms with Crippen molar-refractivity contribution in [3.05, 3.63) is 94.7 Å². The highest BCUT2D eigenvalue weighted by Crippen LogP contribution is 2.23. The molecule has 0 saturated carbocycles. The van der Waals surface area contributed by atoms with Crippen molar-refractivity contribution in [1.29, 1.82) is 0 Å². The molecule has 0 radical (unpaired) electrons. The first-order chi connectivity index (χ1) is 13.7. The lowest BCUT2D eigenvalue weighted by atomic mass is 10.0. The molecule has 1 aromatic heterocycles. The summed E-state index contributed by atoms with van der Waals surface area (Å²) in [5.41, 5.74) is 2.16. The van der Waals surface area contributed by atoms with E-state index in [1.165, 1.54) is 39.8 Å². The molecule has 28 heavy (non-hydrogen) atoms. The Bertz CT molecular complexity index is 1110. The molecule has 0 saturated heterocycles. The van der Waals surface area contributed by atoms with Crippen LogP contribution in [0.2, 0.25) is 0 Å². The maximum absolute atomic E-state index is 12.9. The van der Waals surface area contributed by atoms with Gasteiger partial charge >= 0.3 is 0 Å². The summed E-state index contributed by atoms with van der Waals surface area (Å²) in [5, 5.41) is 5.91. The summed E-state index contributed by atoms with van der Waals surface area (Å²) >= 11 is 1.49. The molecule has 3 aromatic carbocycles. The zero-order chi connectivity index (χ0) is 19.3. The van der Waals surface area contributed by atoms with Gasteiger partial charge in [-0.1, -0.05) is 54.6 Å². The molecule has 0 fully saturated rings. The van der Waals surface area contributed by atoms with Crippen molar-refractivity contribution < 1.29 is 9.18 Å². The van der Waals surface area contributed by atoms with Gasteiger partial charge in [-0.2, -0.15) is 0 Å². The molecule has 0 unspecified atom stereocenters. The number of anilines is 1. The first kappa shape index (κ1) is 18.3. The Hall–Kier alpha value is -3.05. The quantitative estimate of drug-likeness (QED) is 0.466. The van der Waals surface area contributed by atoms with E-state index in [4.69, 9.17) is 0 Å². The fourth-order valence-electron chi connectivity index (χ4n) is 3.09. The summed E-state index contributed by atoms with van der Waals surface area (Å²) in [6, 6.07) is 21.0. The van der Waals surface area contributed by atoms with E-state index in [9.17, 15) is 9.18 Å². The molecule has 0 aliphatic heterocycles. The van der Waals surface area contributed by atoms with Crippen molar-refractivity contribution in [3.63, 3.8) is 0 Å². The van der Waals surface area contributed by atoms with Crippen LogP contribution in [0.3, 0.4) is 0 Å². The molecule has 0 spiro atoms. The molecular formula is C23H19FN2OS. The van der Waals surface area contributed by atoms with Crippen LogP contribution < -0.4 is 5.32 Å². The van der Waals surface area contributed by atoms with E-state index in [0.717, 1.165) is 16.9 Å². The molecule has 1 N–H and O–H groups in total. The van der Waals surface area contributed by atoms with Gasteiger partial charge in [0.2, 0.25) is 5.91 Å². The van der Waals surface area contributed by atoms with Gasteiger partial charge in [0.25, 0.3) is 0 Å². The van der Waals surface area contributed by atoms with Crippen LogP contribution in [-0.2, 0) is 17.6 Å². The van der Waals surface area contributed by atoms with Gasteiger partial charge in [-0.05, 0) is 40.5 Å². The smallest absolute Gasteiger partial charge is 0.226 e. The van der Waals surface area contributed by atoms with Crippen LogP contribution in [0.4, 0.5) is 9.52 Å². The second-order valence-corrected chi connectivity index (χ2v) is 7.78. The predicted octanol–water partition coefficient (Wildman–Crippen LogP) is 5.60. The normalized spacial score (nSPS) is 10.9. The third-order valence-electron chi connectivity index (χ3n) is 4.55. The first-order valence-electron chi connectivity index (χ1n) is 9.12. The topological polar surface area (TPSA) is 42.0 Å². The van der Waals surface area contributed by atoms with Crippen LogP contribution in [0.1, 0.15) is 22.4 Å². The molecule has 0 bridgehead atoms. The number of carbonyl (C=O) groups excluding carboxylic acids is 1. The number of thiazole rings is 1. The average Bonchev–Trinajstić information content (AvgIpc) is 3.14. The van der Waals surface area contributed by atoms with Gasteiger partial charge in [-0.25, -0.2) is 9.37 Å². The van der Waals surface area contributed by atoms with Gasteiger partial charge in [0.15, 0.2) is 5.13 Å². The monoisotopic (exact) mass is 390 g/mol. The van der Waals surface area contributed by atoms with Crippen molar-refractivity contribution in [2.75, 3.05) is 5.32 Å². The zero-order valence-corrected chi connectivity index (χ0v) is 16.0. The fraction of sp³-hybridized carbons (Fsp3) is 0.130. The Balaban J connectivity index is 1.34. The van der Waals surface area contributed by atoms with Crippen LogP contribution >= 0.6 is 11.3 Å². The fourth-order valence-corrected chi connectivity index (χ4v) is 3.95. The van der Waals surface area contributed by atoms with Crippen molar-refractivity contribution in [2.45, 2.75) is 19.3 Å². The van der Waals surface area contributed by atoms with Gasteiger partial charge in [0, 0.05) is 23.9 Å². The van der Waals surface area contributed by atoms with Gasteiger partial charge in [0.05, 0.1) is 0 Å². The SMILES string of the molecule is O=C(CCc1ccc(F)cc1)Nc1ncc(Cc2ccc3ccccc3c2)s1. The number of aryl methyl sites for hydroxylation is 1. The molecule has 4 aromatic rings. The largest absolute Gasteiger partial charge is 0.302 e. The van der Waals surface area contributed by atoms with Crippen molar-refractivity contribution >= 4 is 33.1 Å². The minimum atomic E-state index is -0.269. The molecule has 3 nitrogen and oxygen atoms in total. The highest BCUT2D eigenvalue weighted by atomic mass is 32.1. The minimum Gasteiger partial charge on any atom is -0.302 e. The molecule has 5 heteroatoms. The molecule has 0 atom stereocenters. The lowest BCUT2D eigenvalue weighted by molar-refractivity contribution is -0.116. The number of hydrogen-bond acceptors (Lipinski definition) is 3. The van der Waals surface area contributed by atoms with Crippen molar-refractivity contribution in [3.8, 4) is 0 Å². The maximum Gasteiger partial charge on any atom is 0.226 e. The Kier molecular flexibility index (Phi) is 5.44. The summed E-state index contributed by atoms with van der Waals surface area (Å²) in [6.07, 6.45) is 3.51. The van der Waals surface area contributed by atoms with E-state index in [2.05, 4.69) is 40.6 Å². The lowest BCUT2D eigenvalue weighted by Gasteiger charge is -2.03. The van der Waals surface area contributed by atoms with Gasteiger partial charge < -0.3 is 5.32 Å². The molecule has 0 aliphatic carbocycles. The number of carbonyl (C=O) groups is 1. The minimum absolute atomic E-state index is 0.0871. The molecule has 140 valence electrons. The molecule has 4 rings (SSSR count). The predicted molar refractivity (Wildman–Crippen MR) is 112 cm³/mol. The van der Waals surface area contributed by atoms with Gasteiger partial charge in [-0.3, -0.25) is 4.79 Å². The van der Waals surface area contributed by atoms with Crippen LogP contribution in [0.25, 0.3) is 10.8 Å². The highest BCUT2D eigenvalue weighted by molar-refractivity contribution is 7.15. The lowest BCUT2D eigenvalue weighted by Crippen LogP contribution is -2.11. The van der Waals surface area contributed by atoms with Crippen molar-refractivity contribution in [1.82, 2.24) is 4.98 Å². The molecule has 1 heterocycles. The van der Waals surface area contributed by atoms with Crippen LogP contribution in [0, 0.1) is 5.82 Å². The van der Waals surface area contributed by atoms with Crippen LogP contribution in [0.15, 0.2) is 72.9 Å². The average molecular weight is 390 g/mol. The van der Waals surface area contributed by atoms with E-state index in [0.29, 0.717) is 18.0 Å². The molecular weight excluding hydrogens is 371 g/mol. The summed E-state index contributed by atoms with van der Waals surface area (Å²) in [4.78, 5) is 17.6. The number of nitrogens with zero attached hydrogens (tertiary/aromatic N) is 1. The van der Waals surface area contributed by atoms with Crippen molar-refractivity contribution in [2.24, 2.45) is 0 Å². The third kappa shape index (κ3) is 4.61. The first-order valence-corrected chi connectivity index (χ1v) is 9.94. The number of rotatable bonds is 6. The van der Waals surface area contributed by atoms with Crippen LogP contribution in [0.5, 0.6) is 0 Å². The molecule has 1 amide bonds. The van der Waals surface area contributed by atoms with Gasteiger partial charge in [-0.15, -0.1) is 11.3 Å². The number of aromatic nitrogens is 1. The van der Waals surface area contributed by atoms with E-state index >= 15 is 0 Å². The summed E-state index contributed by atoms with van der Waals surface area (Å²) in [7, 11) is 0. The Morgan fingerprint density at radius 2 is 1.71 bits per heavy atom. The van der Waals surface area contributed by atoms with E-state index < -0.39 is 0 Å². The Morgan fingerprint density at radius 1 is 0.964 bits per heavy atom. The third-order valence-corrected chi connectivity index (χ3v) is 5.46. The summed E-state index contributed by atoms with van der Waals surface area (Å²) in [5.74, 6) is -0.356. The number of halogens is 1. The Labute approximate surface area is 166 Å². The number of fused-ring (bicyclic) bond motifs is 1. The van der Waals surface area contributed by atoms with E-state index in [1.54, 1.807) is 12.1 Å². The maximum atomic E-state index is 12.9. The second-order valence-electron chi connectivity index (χ2n) is 6.66. The highest BCUT2D eigenvalue weighted by Gasteiger charge is 2.08. The number of hydrogen-bond donors (Lipinski definition) is 1. The number of nitrogens with one attached hydrogen (secondary N) is 1. The van der Waals surface area contributed by atoms with E-state index in [-0.39, 0.29) is 11.7 Å². The number of benzene rings is 3. The Morgan fingerprint density at radius 3 is 2.54 bits per heavy atom. The zero-order valence-electron chi connectivity index (χ0n) is 15.2.